The van der Waals surface area contributed by atoms with E-state index in [4.69, 9.17) is 10.6 Å². The smallest absolute Gasteiger partial charge is 0.265 e. The molecule has 1 amide bonds. The lowest BCUT2D eigenvalue weighted by Gasteiger charge is -2.04. The SMILES string of the molecule is Cc1ccc(NC(=O)CO/N=C(/N)c2cnn(C)c2)cc1. The lowest BCUT2D eigenvalue weighted by molar-refractivity contribution is -0.120. The summed E-state index contributed by atoms with van der Waals surface area (Å²) in [5.41, 5.74) is 8.17. The highest BCUT2D eigenvalue weighted by atomic mass is 16.6. The molecule has 0 saturated heterocycles. The van der Waals surface area contributed by atoms with Crippen LogP contribution in [0.25, 0.3) is 0 Å². The third kappa shape index (κ3) is 4.34. The first kappa shape index (κ1) is 14.6. The van der Waals surface area contributed by atoms with Gasteiger partial charge in [0, 0.05) is 18.9 Å². The zero-order chi connectivity index (χ0) is 15.2. The maximum atomic E-state index is 11.7. The maximum Gasteiger partial charge on any atom is 0.265 e. The molecule has 1 aromatic carbocycles. The van der Waals surface area contributed by atoms with Crippen molar-refractivity contribution in [2.75, 3.05) is 11.9 Å². The number of aryl methyl sites for hydroxylation is 2. The van der Waals surface area contributed by atoms with Crippen LogP contribution in [0.5, 0.6) is 0 Å². The zero-order valence-electron chi connectivity index (χ0n) is 11.9. The van der Waals surface area contributed by atoms with Gasteiger partial charge < -0.3 is 15.9 Å². The van der Waals surface area contributed by atoms with E-state index >= 15 is 0 Å². The number of carbonyl (C=O) groups is 1. The predicted molar refractivity (Wildman–Crippen MR) is 79.7 cm³/mol. The van der Waals surface area contributed by atoms with Gasteiger partial charge in [-0.25, -0.2) is 0 Å². The van der Waals surface area contributed by atoms with Gasteiger partial charge in [0.25, 0.3) is 5.91 Å². The molecular weight excluding hydrogens is 270 g/mol. The van der Waals surface area contributed by atoms with Crippen molar-refractivity contribution in [1.29, 1.82) is 0 Å². The second-order valence-electron chi connectivity index (χ2n) is 4.57. The zero-order valence-corrected chi connectivity index (χ0v) is 11.9. The minimum absolute atomic E-state index is 0.172. The number of anilines is 1. The number of amidine groups is 1. The molecule has 0 aliphatic carbocycles. The Morgan fingerprint density at radius 2 is 2.14 bits per heavy atom. The molecule has 3 N–H and O–H groups in total. The Balaban J connectivity index is 1.82. The topological polar surface area (TPSA) is 94.5 Å². The molecule has 2 rings (SSSR count). The number of nitrogens with two attached hydrogens (primary N) is 1. The summed E-state index contributed by atoms with van der Waals surface area (Å²) < 4.78 is 1.60. The van der Waals surface area contributed by atoms with Gasteiger partial charge >= 0.3 is 0 Å². The van der Waals surface area contributed by atoms with Crippen LogP contribution >= 0.6 is 0 Å². The first-order valence-corrected chi connectivity index (χ1v) is 6.35. The van der Waals surface area contributed by atoms with Gasteiger partial charge in [-0.2, -0.15) is 5.10 Å². The number of nitrogens with zero attached hydrogens (tertiary/aromatic N) is 3. The van der Waals surface area contributed by atoms with Crippen molar-refractivity contribution >= 4 is 17.4 Å². The molecule has 0 aliphatic heterocycles. The van der Waals surface area contributed by atoms with Crippen LogP contribution < -0.4 is 11.1 Å². The monoisotopic (exact) mass is 287 g/mol. The highest BCUT2D eigenvalue weighted by Crippen LogP contribution is 2.08. The molecule has 0 radical (unpaired) electrons. The van der Waals surface area contributed by atoms with Gasteiger partial charge in [-0.05, 0) is 19.1 Å². The molecule has 0 bridgehead atoms. The molecule has 1 heterocycles. The van der Waals surface area contributed by atoms with Crippen LogP contribution in [0.4, 0.5) is 5.69 Å². The van der Waals surface area contributed by atoms with E-state index in [0.717, 1.165) is 5.56 Å². The Hall–Kier alpha value is -2.83. The number of nitrogens with one attached hydrogen (secondary N) is 1. The third-order valence-corrected chi connectivity index (χ3v) is 2.69. The molecular formula is C14H17N5O2. The van der Waals surface area contributed by atoms with E-state index in [9.17, 15) is 4.79 Å². The van der Waals surface area contributed by atoms with Gasteiger partial charge in [-0.1, -0.05) is 22.9 Å². The fraction of sp³-hybridized carbons (Fsp3) is 0.214. The summed E-state index contributed by atoms with van der Waals surface area (Å²) in [6.45, 7) is 1.76. The molecule has 0 aliphatic rings. The maximum absolute atomic E-state index is 11.7. The number of hydrogen-bond donors (Lipinski definition) is 2. The Morgan fingerprint density at radius 3 is 2.76 bits per heavy atom. The lowest BCUT2D eigenvalue weighted by Crippen LogP contribution is -2.19. The largest absolute Gasteiger partial charge is 0.384 e. The van der Waals surface area contributed by atoms with Crippen molar-refractivity contribution in [2.24, 2.45) is 17.9 Å². The Bertz CT molecular complexity index is 646. The third-order valence-electron chi connectivity index (χ3n) is 2.69. The summed E-state index contributed by atoms with van der Waals surface area (Å²) >= 11 is 0. The van der Waals surface area contributed by atoms with Gasteiger partial charge in [-0.3, -0.25) is 9.48 Å². The number of aromatic nitrogens is 2. The lowest BCUT2D eigenvalue weighted by atomic mass is 10.2. The molecule has 110 valence electrons. The number of rotatable bonds is 5. The first-order valence-electron chi connectivity index (χ1n) is 6.35. The van der Waals surface area contributed by atoms with Crippen LogP contribution in [-0.4, -0.2) is 28.1 Å². The van der Waals surface area contributed by atoms with Crippen LogP contribution in [0, 0.1) is 6.92 Å². The van der Waals surface area contributed by atoms with Gasteiger partial charge in [0.05, 0.1) is 11.8 Å². The van der Waals surface area contributed by atoms with E-state index in [0.29, 0.717) is 11.3 Å². The summed E-state index contributed by atoms with van der Waals surface area (Å²) in [5.74, 6) is -0.132. The van der Waals surface area contributed by atoms with Crippen LogP contribution in [0.2, 0.25) is 0 Å². The van der Waals surface area contributed by atoms with Crippen molar-refractivity contribution in [3.05, 3.63) is 47.8 Å². The van der Waals surface area contributed by atoms with Crippen molar-refractivity contribution < 1.29 is 9.63 Å². The van der Waals surface area contributed by atoms with Crippen LogP contribution in [0.1, 0.15) is 11.1 Å². The summed E-state index contributed by atoms with van der Waals surface area (Å²) in [6.07, 6.45) is 3.27. The van der Waals surface area contributed by atoms with Gasteiger partial charge in [-0.15, -0.1) is 0 Å². The number of carbonyl (C=O) groups excluding carboxylic acids is 1. The number of amides is 1. The average molecular weight is 287 g/mol. The minimum Gasteiger partial charge on any atom is -0.384 e. The predicted octanol–water partition coefficient (Wildman–Crippen LogP) is 1.00. The van der Waals surface area contributed by atoms with E-state index in [1.807, 2.05) is 31.2 Å². The van der Waals surface area contributed by atoms with Crippen molar-refractivity contribution in [2.45, 2.75) is 6.92 Å². The molecule has 0 spiro atoms. The fourth-order valence-corrected chi connectivity index (χ4v) is 1.60. The van der Waals surface area contributed by atoms with E-state index in [2.05, 4.69) is 15.6 Å². The summed E-state index contributed by atoms with van der Waals surface area (Å²) in [6, 6.07) is 7.46. The second-order valence-corrected chi connectivity index (χ2v) is 4.57. The molecule has 7 nitrogen and oxygen atoms in total. The Morgan fingerprint density at radius 1 is 1.43 bits per heavy atom. The van der Waals surface area contributed by atoms with Crippen molar-refractivity contribution in [1.82, 2.24) is 9.78 Å². The molecule has 1 aromatic heterocycles. The Labute approximate surface area is 122 Å². The summed E-state index contributed by atoms with van der Waals surface area (Å²) in [5, 5.41) is 10.3. The first-order chi connectivity index (χ1) is 10.0. The summed E-state index contributed by atoms with van der Waals surface area (Å²) in [4.78, 5) is 16.6. The quantitative estimate of drug-likeness (QED) is 0.487. The van der Waals surface area contributed by atoms with Crippen molar-refractivity contribution in [3.8, 4) is 0 Å². The molecule has 0 saturated carbocycles. The van der Waals surface area contributed by atoms with Crippen LogP contribution in [-0.2, 0) is 16.7 Å². The van der Waals surface area contributed by atoms with Crippen LogP contribution in [0.3, 0.4) is 0 Å². The van der Waals surface area contributed by atoms with Gasteiger partial charge in [0.2, 0.25) is 0 Å². The number of oxime groups is 1. The molecule has 21 heavy (non-hydrogen) atoms. The van der Waals surface area contributed by atoms with Gasteiger partial charge in [0.1, 0.15) is 0 Å². The van der Waals surface area contributed by atoms with Crippen molar-refractivity contribution in [3.63, 3.8) is 0 Å². The van der Waals surface area contributed by atoms with E-state index in [1.165, 1.54) is 0 Å². The standard InChI is InChI=1S/C14H17N5O2/c1-10-3-5-12(6-4-10)17-13(20)9-21-18-14(15)11-7-16-19(2)8-11/h3-8H,9H2,1-2H3,(H2,15,18)(H,17,20). The molecule has 2 aromatic rings. The molecule has 0 fully saturated rings. The van der Waals surface area contributed by atoms with E-state index in [1.54, 1.807) is 24.1 Å². The minimum atomic E-state index is -0.304. The number of hydrogen-bond acceptors (Lipinski definition) is 4. The molecule has 0 unspecified atom stereocenters. The Kier molecular flexibility index (Phi) is 4.55. The van der Waals surface area contributed by atoms with Crippen LogP contribution in [0.15, 0.2) is 41.8 Å². The molecule has 7 heteroatoms. The van der Waals surface area contributed by atoms with E-state index < -0.39 is 0 Å². The highest BCUT2D eigenvalue weighted by Gasteiger charge is 2.04. The number of benzene rings is 1. The van der Waals surface area contributed by atoms with Gasteiger partial charge in [0.15, 0.2) is 12.4 Å². The summed E-state index contributed by atoms with van der Waals surface area (Å²) in [7, 11) is 1.77. The average Bonchev–Trinajstić information content (AvgIpc) is 2.88. The second kappa shape index (κ2) is 6.56. The normalized spacial score (nSPS) is 11.2. The fourth-order valence-electron chi connectivity index (χ4n) is 1.60. The van der Waals surface area contributed by atoms with E-state index in [-0.39, 0.29) is 18.3 Å². The highest BCUT2D eigenvalue weighted by molar-refractivity contribution is 5.96. The molecule has 0 atom stereocenters.